The van der Waals surface area contributed by atoms with E-state index in [-0.39, 0.29) is 6.10 Å². The largest absolute Gasteiger partial charge is 0.488 e. The third-order valence-corrected chi connectivity index (χ3v) is 3.18. The van der Waals surface area contributed by atoms with Gasteiger partial charge in [0.05, 0.1) is 18.4 Å². The fourth-order valence-corrected chi connectivity index (χ4v) is 2.08. The smallest absolute Gasteiger partial charge is 0.248 e. The summed E-state index contributed by atoms with van der Waals surface area (Å²) in [6.45, 7) is 4.04. The highest BCUT2D eigenvalue weighted by molar-refractivity contribution is 5.96. The van der Waals surface area contributed by atoms with Crippen molar-refractivity contribution in [3.05, 3.63) is 17.7 Å². The molecular formula is C14H21N3O3. The number of nitrogens with one attached hydrogen (secondary N) is 1. The zero-order valence-electron chi connectivity index (χ0n) is 11.6. The lowest BCUT2D eigenvalue weighted by Crippen LogP contribution is -2.17. The average molecular weight is 279 g/mol. The highest BCUT2D eigenvalue weighted by Crippen LogP contribution is 2.33. The molecule has 0 aromatic heterocycles. The van der Waals surface area contributed by atoms with Gasteiger partial charge in [-0.25, -0.2) is 0 Å². The van der Waals surface area contributed by atoms with Gasteiger partial charge in [-0.3, -0.25) is 4.79 Å². The fourth-order valence-electron chi connectivity index (χ4n) is 2.08. The molecule has 0 saturated heterocycles. The van der Waals surface area contributed by atoms with Gasteiger partial charge in [-0.1, -0.05) is 0 Å². The zero-order chi connectivity index (χ0) is 14.5. The van der Waals surface area contributed by atoms with E-state index in [1.807, 2.05) is 6.92 Å². The first-order valence-electron chi connectivity index (χ1n) is 6.79. The molecule has 1 aromatic rings. The van der Waals surface area contributed by atoms with Crippen molar-refractivity contribution < 1.29 is 14.3 Å². The number of ether oxygens (including phenoxy) is 2. The molecule has 5 N–H and O–H groups in total. The van der Waals surface area contributed by atoms with Gasteiger partial charge in [0.2, 0.25) is 5.91 Å². The van der Waals surface area contributed by atoms with Crippen molar-refractivity contribution in [2.24, 2.45) is 5.73 Å². The molecule has 1 amide bonds. The molecule has 1 aromatic carbocycles. The van der Waals surface area contributed by atoms with E-state index in [1.54, 1.807) is 12.1 Å². The number of anilines is 2. The molecule has 110 valence electrons. The molecule has 1 atom stereocenters. The fraction of sp³-hybridized carbons (Fsp3) is 0.500. The number of carbonyl (C=O) groups excluding carboxylic acids is 1. The summed E-state index contributed by atoms with van der Waals surface area (Å²) in [6, 6.07) is 3.20. The first-order valence-corrected chi connectivity index (χ1v) is 6.79. The molecule has 20 heavy (non-hydrogen) atoms. The van der Waals surface area contributed by atoms with E-state index < -0.39 is 5.91 Å². The van der Waals surface area contributed by atoms with Gasteiger partial charge < -0.3 is 26.3 Å². The van der Waals surface area contributed by atoms with E-state index in [9.17, 15) is 4.79 Å². The summed E-state index contributed by atoms with van der Waals surface area (Å²) >= 11 is 0. The first-order chi connectivity index (χ1) is 9.58. The van der Waals surface area contributed by atoms with Crippen LogP contribution in [0.3, 0.4) is 0 Å². The molecule has 2 rings (SSSR count). The Morgan fingerprint density at radius 3 is 2.95 bits per heavy atom. The Kier molecular flexibility index (Phi) is 4.68. The van der Waals surface area contributed by atoms with Crippen LogP contribution in [0.4, 0.5) is 11.4 Å². The molecule has 1 aliphatic heterocycles. The molecule has 1 unspecified atom stereocenters. The summed E-state index contributed by atoms with van der Waals surface area (Å²) in [6.07, 6.45) is 1.63. The maximum atomic E-state index is 11.3. The van der Waals surface area contributed by atoms with Gasteiger partial charge >= 0.3 is 0 Å². The van der Waals surface area contributed by atoms with Crippen LogP contribution in [0.5, 0.6) is 5.75 Å². The minimum atomic E-state index is -0.520. The molecule has 0 fully saturated rings. The van der Waals surface area contributed by atoms with Crippen molar-refractivity contribution in [1.82, 2.24) is 0 Å². The quantitative estimate of drug-likeness (QED) is 0.674. The van der Waals surface area contributed by atoms with E-state index >= 15 is 0 Å². The van der Waals surface area contributed by atoms with Gasteiger partial charge in [0.25, 0.3) is 0 Å². The number of rotatable bonds is 1. The molecule has 0 bridgehead atoms. The molecule has 0 aliphatic carbocycles. The maximum Gasteiger partial charge on any atom is 0.248 e. The van der Waals surface area contributed by atoms with Crippen LogP contribution in [-0.2, 0) is 4.74 Å². The number of hydrogen-bond acceptors (Lipinski definition) is 5. The van der Waals surface area contributed by atoms with Gasteiger partial charge in [-0.05, 0) is 25.5 Å². The van der Waals surface area contributed by atoms with E-state index in [0.29, 0.717) is 35.9 Å². The van der Waals surface area contributed by atoms with Crippen LogP contribution in [0.15, 0.2) is 12.1 Å². The molecule has 0 radical (unpaired) electrons. The SMILES string of the molecule is CC1CCOCCCNc2c(N)cc(C(N)=O)cc2O1. The first kappa shape index (κ1) is 14.5. The number of benzene rings is 1. The van der Waals surface area contributed by atoms with Gasteiger partial charge in [-0.2, -0.15) is 0 Å². The third-order valence-electron chi connectivity index (χ3n) is 3.18. The summed E-state index contributed by atoms with van der Waals surface area (Å²) in [5, 5.41) is 3.23. The van der Waals surface area contributed by atoms with Crippen molar-refractivity contribution in [1.29, 1.82) is 0 Å². The topological polar surface area (TPSA) is 99.6 Å². The van der Waals surface area contributed by atoms with Crippen LogP contribution in [0.2, 0.25) is 0 Å². The van der Waals surface area contributed by atoms with Crippen LogP contribution in [0, 0.1) is 0 Å². The Labute approximate surface area is 118 Å². The van der Waals surface area contributed by atoms with E-state index in [4.69, 9.17) is 20.9 Å². The molecular weight excluding hydrogens is 258 g/mol. The number of carbonyl (C=O) groups is 1. The summed E-state index contributed by atoms with van der Waals surface area (Å²) in [4.78, 5) is 11.3. The van der Waals surface area contributed by atoms with Crippen LogP contribution < -0.4 is 21.5 Å². The Bertz CT molecular complexity index is 491. The van der Waals surface area contributed by atoms with Gasteiger partial charge in [-0.15, -0.1) is 0 Å². The normalized spacial score (nSPS) is 19.9. The van der Waals surface area contributed by atoms with E-state index in [2.05, 4.69) is 5.32 Å². The lowest BCUT2D eigenvalue weighted by atomic mass is 10.1. The standard InChI is InChI=1S/C14H21N3O3/c1-9-3-6-19-5-2-4-17-13-11(15)7-10(14(16)18)8-12(13)20-9/h7-9,17H,2-6,15H2,1H3,(H2,16,18). The third kappa shape index (κ3) is 3.54. The second kappa shape index (κ2) is 6.47. The summed E-state index contributed by atoms with van der Waals surface area (Å²) in [5.74, 6) is 0.0432. The highest BCUT2D eigenvalue weighted by Gasteiger charge is 2.16. The number of amides is 1. The predicted molar refractivity (Wildman–Crippen MR) is 78.0 cm³/mol. The van der Waals surface area contributed by atoms with Crippen molar-refractivity contribution in [2.75, 3.05) is 30.8 Å². The van der Waals surface area contributed by atoms with Crippen molar-refractivity contribution >= 4 is 17.3 Å². The number of nitrogen functional groups attached to an aromatic ring is 1. The summed E-state index contributed by atoms with van der Waals surface area (Å²) < 4.78 is 11.4. The van der Waals surface area contributed by atoms with E-state index in [0.717, 1.165) is 19.4 Å². The second-order valence-electron chi connectivity index (χ2n) is 4.91. The molecule has 1 aliphatic rings. The molecule has 1 heterocycles. The van der Waals surface area contributed by atoms with Crippen LogP contribution >= 0.6 is 0 Å². The summed E-state index contributed by atoms with van der Waals surface area (Å²) in [5.41, 5.74) is 12.8. The monoisotopic (exact) mass is 279 g/mol. The Morgan fingerprint density at radius 2 is 2.20 bits per heavy atom. The van der Waals surface area contributed by atoms with Crippen LogP contribution in [-0.4, -0.2) is 31.8 Å². The Hall–Kier alpha value is -1.95. The predicted octanol–water partition coefficient (Wildman–Crippen LogP) is 1.36. The molecule has 6 nitrogen and oxygen atoms in total. The Balaban J connectivity index is 2.34. The minimum Gasteiger partial charge on any atom is -0.488 e. The van der Waals surface area contributed by atoms with Crippen LogP contribution in [0.25, 0.3) is 0 Å². The second-order valence-corrected chi connectivity index (χ2v) is 4.91. The molecule has 6 heteroatoms. The minimum absolute atomic E-state index is 0.0313. The number of fused-ring (bicyclic) bond motifs is 1. The Morgan fingerprint density at radius 1 is 1.40 bits per heavy atom. The van der Waals surface area contributed by atoms with Crippen molar-refractivity contribution in [3.8, 4) is 5.75 Å². The molecule has 0 saturated carbocycles. The number of primary amides is 1. The van der Waals surface area contributed by atoms with Crippen LogP contribution in [0.1, 0.15) is 30.1 Å². The summed E-state index contributed by atoms with van der Waals surface area (Å²) in [7, 11) is 0. The van der Waals surface area contributed by atoms with Gasteiger partial charge in [0.1, 0.15) is 11.4 Å². The van der Waals surface area contributed by atoms with Crippen molar-refractivity contribution in [2.45, 2.75) is 25.9 Å². The maximum absolute atomic E-state index is 11.3. The van der Waals surface area contributed by atoms with E-state index in [1.165, 1.54) is 0 Å². The lowest BCUT2D eigenvalue weighted by Gasteiger charge is -2.19. The highest BCUT2D eigenvalue weighted by atomic mass is 16.5. The number of hydrogen-bond donors (Lipinski definition) is 3. The average Bonchev–Trinajstić information content (AvgIpc) is 2.42. The van der Waals surface area contributed by atoms with Crippen molar-refractivity contribution in [3.63, 3.8) is 0 Å². The molecule has 0 spiro atoms. The van der Waals surface area contributed by atoms with Gasteiger partial charge in [0.15, 0.2) is 0 Å². The zero-order valence-corrected chi connectivity index (χ0v) is 11.6. The van der Waals surface area contributed by atoms with Gasteiger partial charge in [0, 0.05) is 25.1 Å². The lowest BCUT2D eigenvalue weighted by molar-refractivity contribution is 0.0978. The number of nitrogens with two attached hydrogens (primary N) is 2.